The molecule has 0 aliphatic carbocycles. The van der Waals surface area contributed by atoms with Gasteiger partial charge in [-0.05, 0) is 24.1 Å². The molecule has 2 nitrogen and oxygen atoms in total. The minimum Gasteiger partial charge on any atom is -0.395 e. The Hall–Kier alpha value is -0.380. The van der Waals surface area contributed by atoms with Crippen LogP contribution in [0.5, 0.6) is 0 Å². The lowest BCUT2D eigenvalue weighted by Gasteiger charge is -2.30. The van der Waals surface area contributed by atoms with Crippen LogP contribution in [-0.2, 0) is 5.41 Å². The van der Waals surface area contributed by atoms with E-state index in [9.17, 15) is 10.2 Å². The zero-order chi connectivity index (χ0) is 15.6. The van der Waals surface area contributed by atoms with Crippen molar-refractivity contribution in [1.82, 2.24) is 0 Å². The summed E-state index contributed by atoms with van der Waals surface area (Å²) < 4.78 is 1.02. The van der Waals surface area contributed by atoms with Gasteiger partial charge in [-0.1, -0.05) is 79.9 Å². The average Bonchev–Trinajstić information content (AvgIpc) is 2.52. The van der Waals surface area contributed by atoms with E-state index in [2.05, 4.69) is 22.9 Å². The first-order chi connectivity index (χ1) is 10.2. The molecule has 120 valence electrons. The predicted octanol–water partition coefficient (Wildman–Crippen LogP) is 4.81. The lowest BCUT2D eigenvalue weighted by atomic mass is 9.77. The van der Waals surface area contributed by atoms with E-state index in [1.54, 1.807) is 0 Å². The summed E-state index contributed by atoms with van der Waals surface area (Å²) in [5.41, 5.74) is 0.533. The van der Waals surface area contributed by atoms with Crippen LogP contribution in [0.25, 0.3) is 0 Å². The van der Waals surface area contributed by atoms with Gasteiger partial charge >= 0.3 is 0 Å². The van der Waals surface area contributed by atoms with Crippen molar-refractivity contribution in [3.05, 3.63) is 34.3 Å². The van der Waals surface area contributed by atoms with Gasteiger partial charge < -0.3 is 10.2 Å². The third kappa shape index (κ3) is 6.09. The maximum absolute atomic E-state index is 9.80. The predicted molar refractivity (Wildman–Crippen MR) is 92.6 cm³/mol. The molecule has 1 rings (SSSR count). The van der Waals surface area contributed by atoms with Crippen LogP contribution >= 0.6 is 15.9 Å². The van der Waals surface area contributed by atoms with Gasteiger partial charge in [-0.15, -0.1) is 0 Å². The highest BCUT2D eigenvalue weighted by atomic mass is 79.9. The molecule has 0 bridgehead atoms. The second-order valence-corrected chi connectivity index (χ2v) is 6.89. The molecule has 2 N–H and O–H groups in total. The molecule has 0 spiro atoms. The molecule has 0 unspecified atom stereocenters. The van der Waals surface area contributed by atoms with E-state index in [0.29, 0.717) is 0 Å². The molecule has 0 saturated carbocycles. The molecule has 0 aromatic heterocycles. The lowest BCUT2D eigenvalue weighted by molar-refractivity contribution is 0.107. The van der Waals surface area contributed by atoms with E-state index in [1.807, 2.05) is 24.3 Å². The maximum atomic E-state index is 9.80. The number of rotatable bonds is 11. The fraction of sp³-hybridized carbons (Fsp3) is 0.667. The number of unbranched alkanes of at least 4 members (excludes halogenated alkanes) is 6. The number of hydrogen-bond donors (Lipinski definition) is 2. The Morgan fingerprint density at radius 3 is 1.90 bits per heavy atom. The van der Waals surface area contributed by atoms with Crippen LogP contribution in [0.15, 0.2) is 28.7 Å². The van der Waals surface area contributed by atoms with Gasteiger partial charge in [-0.3, -0.25) is 0 Å². The van der Waals surface area contributed by atoms with Crippen molar-refractivity contribution in [2.45, 2.75) is 63.7 Å². The number of hydrogen-bond acceptors (Lipinski definition) is 2. The first-order valence-electron chi connectivity index (χ1n) is 8.16. The lowest BCUT2D eigenvalue weighted by Crippen LogP contribution is -2.34. The SMILES string of the molecule is CCCCCCCCCC(CO)(CO)c1ccc(Br)cc1. The quantitative estimate of drug-likeness (QED) is 0.558. The van der Waals surface area contributed by atoms with Gasteiger partial charge in [0.25, 0.3) is 0 Å². The number of aliphatic hydroxyl groups excluding tert-OH is 2. The van der Waals surface area contributed by atoms with Crippen LogP contribution in [0.3, 0.4) is 0 Å². The fourth-order valence-corrected chi connectivity index (χ4v) is 3.02. The van der Waals surface area contributed by atoms with E-state index >= 15 is 0 Å². The van der Waals surface area contributed by atoms with Gasteiger partial charge in [-0.2, -0.15) is 0 Å². The first-order valence-corrected chi connectivity index (χ1v) is 8.95. The van der Waals surface area contributed by atoms with Gasteiger partial charge in [-0.25, -0.2) is 0 Å². The fourth-order valence-electron chi connectivity index (χ4n) is 2.76. The molecular formula is C18H29BrO2. The minimum absolute atomic E-state index is 0.000959. The maximum Gasteiger partial charge on any atom is 0.0550 e. The van der Waals surface area contributed by atoms with Crippen LogP contribution in [0.4, 0.5) is 0 Å². The number of benzene rings is 1. The van der Waals surface area contributed by atoms with Gasteiger partial charge in [0.05, 0.1) is 13.2 Å². The summed E-state index contributed by atoms with van der Waals surface area (Å²) in [4.78, 5) is 0. The van der Waals surface area contributed by atoms with Crippen molar-refractivity contribution in [1.29, 1.82) is 0 Å². The van der Waals surface area contributed by atoms with Crippen LogP contribution < -0.4 is 0 Å². The molecule has 0 radical (unpaired) electrons. The largest absolute Gasteiger partial charge is 0.395 e. The van der Waals surface area contributed by atoms with Crippen molar-refractivity contribution in [2.24, 2.45) is 0 Å². The summed E-state index contributed by atoms with van der Waals surface area (Å²) in [5.74, 6) is 0. The molecule has 1 aromatic rings. The van der Waals surface area contributed by atoms with Crippen LogP contribution in [-0.4, -0.2) is 23.4 Å². The molecule has 21 heavy (non-hydrogen) atoms. The molecule has 1 aromatic carbocycles. The normalized spacial score (nSPS) is 11.8. The third-order valence-corrected chi connectivity index (χ3v) is 4.85. The monoisotopic (exact) mass is 356 g/mol. The van der Waals surface area contributed by atoms with Crippen molar-refractivity contribution in [3.63, 3.8) is 0 Å². The molecule has 0 amide bonds. The molecule has 0 heterocycles. The highest BCUT2D eigenvalue weighted by Crippen LogP contribution is 2.30. The van der Waals surface area contributed by atoms with Gasteiger partial charge in [0, 0.05) is 9.89 Å². The molecule has 0 atom stereocenters. The standard InChI is InChI=1S/C18H29BrO2/c1-2-3-4-5-6-7-8-13-18(14-20,15-21)16-9-11-17(19)12-10-16/h9-12,20-21H,2-8,13-15H2,1H3. The molecule has 0 aliphatic rings. The molecule has 3 heteroatoms. The van der Waals surface area contributed by atoms with Gasteiger partial charge in [0.15, 0.2) is 0 Å². The summed E-state index contributed by atoms with van der Waals surface area (Å²) in [5, 5.41) is 19.6. The second-order valence-electron chi connectivity index (χ2n) is 5.97. The summed E-state index contributed by atoms with van der Waals surface area (Å²) in [7, 11) is 0. The summed E-state index contributed by atoms with van der Waals surface area (Å²) in [6, 6.07) is 7.94. The van der Waals surface area contributed by atoms with Crippen LogP contribution in [0.2, 0.25) is 0 Å². The van der Waals surface area contributed by atoms with E-state index in [0.717, 1.165) is 22.9 Å². The summed E-state index contributed by atoms with van der Waals surface area (Å²) in [6.45, 7) is 2.23. The minimum atomic E-state index is -0.496. The Morgan fingerprint density at radius 1 is 0.857 bits per heavy atom. The van der Waals surface area contributed by atoms with Crippen LogP contribution in [0.1, 0.15) is 63.9 Å². The average molecular weight is 357 g/mol. The first kappa shape index (κ1) is 18.7. The Morgan fingerprint density at radius 2 is 1.38 bits per heavy atom. The summed E-state index contributed by atoms with van der Waals surface area (Å²) in [6.07, 6.45) is 9.58. The van der Waals surface area contributed by atoms with Gasteiger partial charge in [0.1, 0.15) is 0 Å². The smallest absolute Gasteiger partial charge is 0.0550 e. The summed E-state index contributed by atoms with van der Waals surface area (Å²) >= 11 is 3.42. The van der Waals surface area contributed by atoms with E-state index in [-0.39, 0.29) is 13.2 Å². The van der Waals surface area contributed by atoms with E-state index < -0.39 is 5.41 Å². The molecule has 0 saturated heterocycles. The molecule has 0 aliphatic heterocycles. The Balaban J connectivity index is 2.47. The Labute approximate surface area is 137 Å². The molecule has 0 fully saturated rings. The third-order valence-electron chi connectivity index (χ3n) is 4.32. The Kier molecular flexibility index (Phi) is 9.21. The Bertz CT molecular complexity index is 371. The molecular weight excluding hydrogens is 328 g/mol. The van der Waals surface area contributed by atoms with E-state index in [4.69, 9.17) is 0 Å². The van der Waals surface area contributed by atoms with Gasteiger partial charge in [0.2, 0.25) is 0 Å². The second kappa shape index (κ2) is 10.4. The van der Waals surface area contributed by atoms with Crippen molar-refractivity contribution in [2.75, 3.05) is 13.2 Å². The van der Waals surface area contributed by atoms with Crippen molar-refractivity contribution >= 4 is 15.9 Å². The van der Waals surface area contributed by atoms with E-state index in [1.165, 1.54) is 38.5 Å². The highest BCUT2D eigenvalue weighted by Gasteiger charge is 2.30. The van der Waals surface area contributed by atoms with Crippen molar-refractivity contribution in [3.8, 4) is 0 Å². The van der Waals surface area contributed by atoms with Crippen molar-refractivity contribution < 1.29 is 10.2 Å². The number of halogens is 1. The zero-order valence-electron chi connectivity index (χ0n) is 13.2. The topological polar surface area (TPSA) is 40.5 Å². The number of aliphatic hydroxyl groups is 2. The van der Waals surface area contributed by atoms with Crippen LogP contribution in [0, 0.1) is 0 Å². The highest BCUT2D eigenvalue weighted by molar-refractivity contribution is 9.10. The zero-order valence-corrected chi connectivity index (χ0v) is 14.7.